The molecule has 1 unspecified atom stereocenters. The lowest BCUT2D eigenvalue weighted by molar-refractivity contribution is -0.141. The van der Waals surface area contributed by atoms with Crippen LogP contribution in [0.3, 0.4) is 0 Å². The van der Waals surface area contributed by atoms with E-state index in [0.717, 1.165) is 32.4 Å². The van der Waals surface area contributed by atoms with Crippen molar-refractivity contribution in [2.45, 2.75) is 47.0 Å². The molecule has 2 amide bonds. The van der Waals surface area contributed by atoms with E-state index in [1.807, 2.05) is 11.8 Å². The monoisotopic (exact) mass is 284 g/mol. The predicted molar refractivity (Wildman–Crippen MR) is 78.6 cm³/mol. The van der Waals surface area contributed by atoms with E-state index in [-0.39, 0.29) is 12.6 Å². The topological polar surface area (TPSA) is 60.9 Å². The number of carbonyl (C=O) groups is 2. The molecule has 1 N–H and O–H groups in total. The Balaban J connectivity index is 2.58. The second-order valence-corrected chi connectivity index (χ2v) is 6.21. The van der Waals surface area contributed by atoms with Crippen molar-refractivity contribution < 1.29 is 14.7 Å². The number of hydrogen-bond acceptors (Lipinski definition) is 2. The molecule has 1 heterocycles. The number of nitrogens with zero attached hydrogens (tertiary/aromatic N) is 2. The standard InChI is InChI=1S/C15H28N2O3/c1-5-15(4)7-9-17(10-8-15)14(20)16(6-2)11-12(3)13(18)19/h12H,5-11H2,1-4H3,(H,18,19). The van der Waals surface area contributed by atoms with Gasteiger partial charge < -0.3 is 14.9 Å². The quantitative estimate of drug-likeness (QED) is 0.844. The maximum absolute atomic E-state index is 12.4. The van der Waals surface area contributed by atoms with Gasteiger partial charge in [-0.3, -0.25) is 4.79 Å². The predicted octanol–water partition coefficient (Wildman–Crippen LogP) is 2.66. The number of hydrogen-bond donors (Lipinski definition) is 1. The van der Waals surface area contributed by atoms with Crippen molar-refractivity contribution in [1.82, 2.24) is 9.80 Å². The summed E-state index contributed by atoms with van der Waals surface area (Å²) < 4.78 is 0. The molecule has 1 aliphatic heterocycles. The first-order chi connectivity index (χ1) is 9.33. The molecule has 1 aliphatic rings. The molecule has 0 aliphatic carbocycles. The molecule has 1 rings (SSSR count). The normalized spacial score (nSPS) is 19.5. The molecule has 20 heavy (non-hydrogen) atoms. The molecule has 0 aromatic heterocycles. The fourth-order valence-electron chi connectivity index (χ4n) is 2.54. The molecule has 0 aromatic rings. The molecule has 116 valence electrons. The molecule has 5 heteroatoms. The minimum Gasteiger partial charge on any atom is -0.481 e. The van der Waals surface area contributed by atoms with Gasteiger partial charge >= 0.3 is 12.0 Å². The number of carboxylic acid groups (broad SMARTS) is 1. The first kappa shape index (κ1) is 16.8. The Morgan fingerprint density at radius 3 is 2.25 bits per heavy atom. The van der Waals surface area contributed by atoms with Crippen molar-refractivity contribution in [3.63, 3.8) is 0 Å². The van der Waals surface area contributed by atoms with Crippen molar-refractivity contribution in [3.05, 3.63) is 0 Å². The van der Waals surface area contributed by atoms with Gasteiger partial charge in [0, 0.05) is 26.2 Å². The lowest BCUT2D eigenvalue weighted by atomic mass is 9.78. The lowest BCUT2D eigenvalue weighted by Crippen LogP contribution is -2.49. The third-order valence-corrected chi connectivity index (χ3v) is 4.66. The number of aliphatic carboxylic acids is 1. The summed E-state index contributed by atoms with van der Waals surface area (Å²) in [6.07, 6.45) is 3.20. The largest absolute Gasteiger partial charge is 0.481 e. The number of piperidine rings is 1. The highest BCUT2D eigenvalue weighted by atomic mass is 16.4. The van der Waals surface area contributed by atoms with Gasteiger partial charge in [-0.25, -0.2) is 4.79 Å². The maximum atomic E-state index is 12.4. The van der Waals surface area contributed by atoms with Crippen LogP contribution in [0.4, 0.5) is 4.79 Å². The average Bonchev–Trinajstić information content (AvgIpc) is 2.44. The van der Waals surface area contributed by atoms with Gasteiger partial charge in [-0.05, 0) is 25.2 Å². The van der Waals surface area contributed by atoms with E-state index in [4.69, 9.17) is 5.11 Å². The highest BCUT2D eigenvalue weighted by molar-refractivity contribution is 5.76. The summed E-state index contributed by atoms with van der Waals surface area (Å²) in [4.78, 5) is 26.9. The Hall–Kier alpha value is -1.26. The summed E-state index contributed by atoms with van der Waals surface area (Å²) in [5, 5.41) is 8.97. The van der Waals surface area contributed by atoms with Crippen LogP contribution < -0.4 is 0 Å². The van der Waals surface area contributed by atoms with Gasteiger partial charge in [0.05, 0.1) is 5.92 Å². The molecule has 0 radical (unpaired) electrons. The van der Waals surface area contributed by atoms with Gasteiger partial charge in [0.25, 0.3) is 0 Å². The molecule has 0 bridgehead atoms. The Morgan fingerprint density at radius 1 is 1.30 bits per heavy atom. The highest BCUT2D eigenvalue weighted by Gasteiger charge is 2.32. The summed E-state index contributed by atoms with van der Waals surface area (Å²) >= 11 is 0. The van der Waals surface area contributed by atoms with E-state index >= 15 is 0 Å². The van der Waals surface area contributed by atoms with Crippen molar-refractivity contribution >= 4 is 12.0 Å². The van der Waals surface area contributed by atoms with Crippen LogP contribution in [0.2, 0.25) is 0 Å². The average molecular weight is 284 g/mol. The van der Waals surface area contributed by atoms with Crippen molar-refractivity contribution in [2.75, 3.05) is 26.2 Å². The summed E-state index contributed by atoms with van der Waals surface area (Å²) in [6.45, 7) is 10.4. The molecular formula is C15H28N2O3. The van der Waals surface area contributed by atoms with Crippen LogP contribution in [0.5, 0.6) is 0 Å². The number of amides is 2. The first-order valence-electron chi connectivity index (χ1n) is 7.59. The number of carboxylic acids is 1. The molecule has 1 saturated heterocycles. The fraction of sp³-hybridized carbons (Fsp3) is 0.867. The maximum Gasteiger partial charge on any atom is 0.320 e. The number of rotatable bonds is 5. The van der Waals surface area contributed by atoms with Crippen LogP contribution in [-0.4, -0.2) is 53.1 Å². The zero-order valence-corrected chi connectivity index (χ0v) is 13.2. The lowest BCUT2D eigenvalue weighted by Gasteiger charge is -2.40. The number of urea groups is 1. The summed E-state index contributed by atoms with van der Waals surface area (Å²) in [5.41, 5.74) is 0.349. The molecule has 0 saturated carbocycles. The number of carbonyl (C=O) groups excluding carboxylic acids is 1. The number of likely N-dealkylation sites (tertiary alicyclic amines) is 1. The van der Waals surface area contributed by atoms with Crippen LogP contribution in [-0.2, 0) is 4.79 Å². The Labute approximate surface area is 121 Å². The first-order valence-corrected chi connectivity index (χ1v) is 7.59. The van der Waals surface area contributed by atoms with Gasteiger partial charge in [0.2, 0.25) is 0 Å². The third kappa shape index (κ3) is 4.12. The molecule has 0 aromatic carbocycles. The minimum atomic E-state index is -0.853. The highest BCUT2D eigenvalue weighted by Crippen LogP contribution is 2.34. The van der Waals surface area contributed by atoms with Crippen molar-refractivity contribution in [1.29, 1.82) is 0 Å². The summed E-state index contributed by atoms with van der Waals surface area (Å²) in [5.74, 6) is -1.38. The van der Waals surface area contributed by atoms with E-state index in [1.165, 1.54) is 0 Å². The van der Waals surface area contributed by atoms with E-state index in [9.17, 15) is 9.59 Å². The van der Waals surface area contributed by atoms with Crippen LogP contribution in [0.15, 0.2) is 0 Å². The van der Waals surface area contributed by atoms with Crippen LogP contribution in [0.1, 0.15) is 47.0 Å². The second-order valence-electron chi connectivity index (χ2n) is 6.21. The summed E-state index contributed by atoms with van der Waals surface area (Å²) in [6, 6.07) is -0.0150. The van der Waals surface area contributed by atoms with E-state index in [2.05, 4.69) is 13.8 Å². The smallest absolute Gasteiger partial charge is 0.320 e. The fourth-order valence-corrected chi connectivity index (χ4v) is 2.54. The molecule has 1 atom stereocenters. The minimum absolute atomic E-state index is 0.0150. The van der Waals surface area contributed by atoms with Crippen molar-refractivity contribution in [2.24, 2.45) is 11.3 Å². The Kier molecular flexibility index (Phi) is 5.84. The van der Waals surface area contributed by atoms with E-state index < -0.39 is 11.9 Å². The Morgan fingerprint density at radius 2 is 1.85 bits per heavy atom. The van der Waals surface area contributed by atoms with Crippen LogP contribution in [0, 0.1) is 11.3 Å². The van der Waals surface area contributed by atoms with Crippen LogP contribution >= 0.6 is 0 Å². The van der Waals surface area contributed by atoms with Gasteiger partial charge in [-0.1, -0.05) is 27.2 Å². The third-order valence-electron chi connectivity index (χ3n) is 4.66. The molecular weight excluding hydrogens is 256 g/mol. The molecule has 5 nitrogen and oxygen atoms in total. The van der Waals surface area contributed by atoms with Gasteiger partial charge in [0.15, 0.2) is 0 Å². The second kappa shape index (κ2) is 6.95. The van der Waals surface area contributed by atoms with Gasteiger partial charge in [0.1, 0.15) is 0 Å². The van der Waals surface area contributed by atoms with Crippen molar-refractivity contribution in [3.8, 4) is 0 Å². The van der Waals surface area contributed by atoms with E-state index in [1.54, 1.807) is 11.8 Å². The molecule has 1 fully saturated rings. The zero-order chi connectivity index (χ0) is 15.3. The zero-order valence-electron chi connectivity index (χ0n) is 13.2. The molecule has 0 spiro atoms. The van der Waals surface area contributed by atoms with Gasteiger partial charge in [-0.2, -0.15) is 0 Å². The summed E-state index contributed by atoms with van der Waals surface area (Å²) in [7, 11) is 0. The Bertz CT molecular complexity index is 349. The van der Waals surface area contributed by atoms with E-state index in [0.29, 0.717) is 12.0 Å². The SMILES string of the molecule is CCN(CC(C)C(=O)O)C(=O)N1CCC(C)(CC)CC1. The van der Waals surface area contributed by atoms with Gasteiger partial charge in [-0.15, -0.1) is 0 Å². The van der Waals surface area contributed by atoms with Crippen LogP contribution in [0.25, 0.3) is 0 Å².